The number of hydrogen-bond donors (Lipinski definition) is 2. The van der Waals surface area contributed by atoms with E-state index in [4.69, 9.17) is 10.8 Å². The Bertz CT molecular complexity index is 375. The molecule has 0 rings (SSSR count). The highest BCUT2D eigenvalue weighted by atomic mass is 16.4. The molecule has 138 valence electrons. The Morgan fingerprint density at radius 3 is 1.79 bits per heavy atom. The molecule has 0 saturated carbocycles. The van der Waals surface area contributed by atoms with Gasteiger partial charge in [0.25, 0.3) is 0 Å². The topological polar surface area (TPSA) is 80.4 Å². The Morgan fingerprint density at radius 2 is 1.21 bits per heavy atom. The lowest BCUT2D eigenvalue weighted by Gasteiger charge is -1.98. The van der Waals surface area contributed by atoms with Gasteiger partial charge >= 0.3 is 5.97 Å². The number of hydrogen-bond acceptors (Lipinski definition) is 3. The summed E-state index contributed by atoms with van der Waals surface area (Å²) in [5.74, 6) is -0.524. The molecule has 0 aliphatic carbocycles. The number of aliphatic carboxylic acids is 1. The van der Waals surface area contributed by atoms with Crippen LogP contribution in [-0.2, 0) is 9.59 Å². The van der Waals surface area contributed by atoms with Gasteiger partial charge in [0.2, 0.25) is 0 Å². The van der Waals surface area contributed by atoms with Crippen LogP contribution in [0.5, 0.6) is 0 Å². The molecule has 0 bridgehead atoms. The van der Waals surface area contributed by atoms with Gasteiger partial charge < -0.3 is 10.8 Å². The Labute approximate surface area is 147 Å². The quantitative estimate of drug-likeness (QED) is 0.295. The third kappa shape index (κ3) is 18.6. The maximum Gasteiger partial charge on any atom is 0.303 e. The summed E-state index contributed by atoms with van der Waals surface area (Å²) in [4.78, 5) is 21.4. The van der Waals surface area contributed by atoms with Crippen molar-refractivity contribution in [3.8, 4) is 0 Å². The minimum atomic E-state index is -0.687. The van der Waals surface area contributed by atoms with Gasteiger partial charge in [-0.2, -0.15) is 0 Å². The fourth-order valence-corrected chi connectivity index (χ4v) is 2.44. The van der Waals surface area contributed by atoms with Gasteiger partial charge in [-0.25, -0.2) is 0 Å². The number of carboxylic acids is 1. The van der Waals surface area contributed by atoms with Gasteiger partial charge in [-0.05, 0) is 44.9 Å². The van der Waals surface area contributed by atoms with Crippen LogP contribution in [-0.4, -0.2) is 23.4 Å². The van der Waals surface area contributed by atoms with Crippen LogP contribution in [0.25, 0.3) is 0 Å². The molecule has 0 unspecified atom stereocenters. The molecule has 0 fully saturated rings. The number of carboxylic acid groups (broad SMARTS) is 1. The SMILES string of the molecule is NCC(=O)CCCCC/C=C\C/C=C\CCCCCCCC(=O)O. The maximum atomic E-state index is 11.0. The number of unbranched alkanes of at least 4 members (excludes halogenated alkanes) is 8. The van der Waals surface area contributed by atoms with Crippen LogP contribution in [0.2, 0.25) is 0 Å². The lowest BCUT2D eigenvalue weighted by molar-refractivity contribution is -0.137. The lowest BCUT2D eigenvalue weighted by atomic mass is 10.1. The van der Waals surface area contributed by atoms with Crippen molar-refractivity contribution in [3.05, 3.63) is 24.3 Å². The fraction of sp³-hybridized carbons (Fsp3) is 0.700. The number of allylic oxidation sites excluding steroid dienone is 4. The monoisotopic (exact) mass is 337 g/mol. The van der Waals surface area contributed by atoms with Crippen molar-refractivity contribution < 1.29 is 14.7 Å². The second-order valence-corrected chi connectivity index (χ2v) is 6.22. The van der Waals surface area contributed by atoms with Crippen molar-refractivity contribution in [2.75, 3.05) is 6.54 Å². The van der Waals surface area contributed by atoms with E-state index in [0.717, 1.165) is 57.8 Å². The first kappa shape index (κ1) is 22.6. The molecule has 4 nitrogen and oxygen atoms in total. The van der Waals surface area contributed by atoms with Gasteiger partial charge in [-0.1, -0.05) is 50.0 Å². The summed E-state index contributed by atoms with van der Waals surface area (Å²) in [6, 6.07) is 0. The third-order valence-corrected chi connectivity index (χ3v) is 3.92. The van der Waals surface area contributed by atoms with E-state index in [1.54, 1.807) is 0 Å². The number of carbonyl (C=O) groups excluding carboxylic acids is 1. The molecule has 0 radical (unpaired) electrons. The third-order valence-electron chi connectivity index (χ3n) is 3.92. The van der Waals surface area contributed by atoms with E-state index >= 15 is 0 Å². The molecule has 0 aliphatic heterocycles. The number of Topliss-reactive ketones (excluding diaryl/α,β-unsaturated/α-hetero) is 1. The molecular weight excluding hydrogens is 302 g/mol. The Kier molecular flexibility index (Phi) is 16.9. The molecule has 0 aromatic carbocycles. The van der Waals surface area contributed by atoms with E-state index in [1.807, 2.05) is 0 Å². The second kappa shape index (κ2) is 17.9. The van der Waals surface area contributed by atoms with E-state index < -0.39 is 5.97 Å². The molecule has 3 N–H and O–H groups in total. The van der Waals surface area contributed by atoms with Crippen LogP contribution >= 0.6 is 0 Å². The van der Waals surface area contributed by atoms with Crippen molar-refractivity contribution in [2.24, 2.45) is 5.73 Å². The van der Waals surface area contributed by atoms with Gasteiger partial charge in [-0.3, -0.25) is 9.59 Å². The van der Waals surface area contributed by atoms with Gasteiger partial charge in [-0.15, -0.1) is 0 Å². The largest absolute Gasteiger partial charge is 0.481 e. The molecule has 0 aliphatic rings. The van der Waals surface area contributed by atoms with Crippen molar-refractivity contribution in [3.63, 3.8) is 0 Å². The standard InChI is InChI=1S/C20H35NO3/c21-18-19(22)16-14-12-10-8-6-4-2-1-3-5-7-9-11-13-15-17-20(23)24/h1,3-4,6H,2,5,7-18,21H2,(H,23,24)/b3-1-,6-4-. The minimum absolute atomic E-state index is 0.163. The summed E-state index contributed by atoms with van der Waals surface area (Å²) >= 11 is 0. The highest BCUT2D eigenvalue weighted by Gasteiger charge is 1.97. The summed E-state index contributed by atoms with van der Waals surface area (Å²) in [5, 5.41) is 8.53. The van der Waals surface area contributed by atoms with Gasteiger partial charge in [0.05, 0.1) is 6.54 Å². The number of ketones is 1. The minimum Gasteiger partial charge on any atom is -0.481 e. The molecule has 4 heteroatoms. The highest BCUT2D eigenvalue weighted by molar-refractivity contribution is 5.80. The van der Waals surface area contributed by atoms with E-state index in [2.05, 4.69) is 24.3 Å². The van der Waals surface area contributed by atoms with Crippen molar-refractivity contribution in [2.45, 2.75) is 83.5 Å². The Hall–Kier alpha value is -1.42. The maximum absolute atomic E-state index is 11.0. The summed E-state index contributed by atoms with van der Waals surface area (Å²) in [6.45, 7) is 0.178. The molecule has 24 heavy (non-hydrogen) atoms. The summed E-state index contributed by atoms with van der Waals surface area (Å²) in [6.07, 6.45) is 21.5. The Morgan fingerprint density at radius 1 is 0.708 bits per heavy atom. The van der Waals surface area contributed by atoms with E-state index in [0.29, 0.717) is 12.8 Å². The molecule has 0 amide bonds. The van der Waals surface area contributed by atoms with Crippen LogP contribution in [0.4, 0.5) is 0 Å². The van der Waals surface area contributed by atoms with Gasteiger partial charge in [0.15, 0.2) is 0 Å². The number of nitrogens with two attached hydrogens (primary N) is 1. The van der Waals surface area contributed by atoms with Crippen molar-refractivity contribution in [1.29, 1.82) is 0 Å². The smallest absolute Gasteiger partial charge is 0.303 e. The lowest BCUT2D eigenvalue weighted by Crippen LogP contribution is -2.12. The molecule has 0 heterocycles. The van der Waals surface area contributed by atoms with Crippen LogP contribution in [0.3, 0.4) is 0 Å². The molecule has 0 saturated heterocycles. The average Bonchev–Trinajstić information content (AvgIpc) is 2.57. The summed E-state index contributed by atoms with van der Waals surface area (Å²) < 4.78 is 0. The van der Waals surface area contributed by atoms with E-state index in [1.165, 1.54) is 12.8 Å². The summed E-state index contributed by atoms with van der Waals surface area (Å²) in [5.41, 5.74) is 5.26. The molecule has 0 atom stereocenters. The predicted molar refractivity (Wildman–Crippen MR) is 100.0 cm³/mol. The second-order valence-electron chi connectivity index (χ2n) is 6.22. The highest BCUT2D eigenvalue weighted by Crippen LogP contribution is 2.08. The summed E-state index contributed by atoms with van der Waals surface area (Å²) in [7, 11) is 0. The zero-order chi connectivity index (χ0) is 17.9. The van der Waals surface area contributed by atoms with E-state index in [-0.39, 0.29) is 12.3 Å². The first-order valence-electron chi connectivity index (χ1n) is 9.40. The average molecular weight is 338 g/mol. The number of carbonyl (C=O) groups is 2. The van der Waals surface area contributed by atoms with Crippen molar-refractivity contribution in [1.82, 2.24) is 0 Å². The van der Waals surface area contributed by atoms with Crippen molar-refractivity contribution >= 4 is 11.8 Å². The predicted octanol–water partition coefficient (Wildman–Crippen LogP) is 4.78. The molecular formula is C20H35NO3. The first-order chi connectivity index (χ1) is 11.7. The Balaban J connectivity index is 3.25. The van der Waals surface area contributed by atoms with Crippen LogP contribution < -0.4 is 5.73 Å². The van der Waals surface area contributed by atoms with Gasteiger partial charge in [0.1, 0.15) is 5.78 Å². The van der Waals surface area contributed by atoms with Crippen LogP contribution in [0, 0.1) is 0 Å². The normalized spacial score (nSPS) is 11.5. The number of rotatable bonds is 17. The van der Waals surface area contributed by atoms with Crippen LogP contribution in [0.1, 0.15) is 83.5 Å². The molecule has 0 aromatic heterocycles. The van der Waals surface area contributed by atoms with Crippen LogP contribution in [0.15, 0.2) is 24.3 Å². The zero-order valence-electron chi connectivity index (χ0n) is 15.0. The van der Waals surface area contributed by atoms with Gasteiger partial charge in [0, 0.05) is 12.8 Å². The molecule has 0 spiro atoms. The van der Waals surface area contributed by atoms with E-state index in [9.17, 15) is 9.59 Å². The molecule has 0 aromatic rings. The fourth-order valence-electron chi connectivity index (χ4n) is 2.44. The first-order valence-corrected chi connectivity index (χ1v) is 9.40. The zero-order valence-corrected chi connectivity index (χ0v) is 15.0.